The molecular weight excluding hydrogens is 405 g/mol. The number of carbonyl (C=O) groups excluding carboxylic acids is 2. The number of amides is 1. The maximum atomic E-state index is 13.0. The second-order valence-corrected chi connectivity index (χ2v) is 6.04. The van der Waals surface area contributed by atoms with Crippen molar-refractivity contribution in [2.24, 2.45) is 0 Å². The van der Waals surface area contributed by atoms with Crippen LogP contribution in [0, 0.1) is 10.1 Å². The molecule has 0 unspecified atom stereocenters. The van der Waals surface area contributed by atoms with Crippen molar-refractivity contribution in [2.75, 3.05) is 6.61 Å². The van der Waals surface area contributed by atoms with Gasteiger partial charge >= 0.3 is 12.1 Å². The first kappa shape index (κ1) is 22.6. The number of carbonyl (C=O) groups is 2. The van der Waals surface area contributed by atoms with E-state index in [1.807, 2.05) is 0 Å². The Balaban J connectivity index is 2.14. The van der Waals surface area contributed by atoms with Crippen LogP contribution in [0.5, 0.6) is 0 Å². The Morgan fingerprint density at radius 1 is 1.20 bits per heavy atom. The number of nitrogens with one attached hydrogen (secondary N) is 1. The van der Waals surface area contributed by atoms with Gasteiger partial charge in [-0.2, -0.15) is 13.2 Å². The smallest absolute Gasteiger partial charge is 0.416 e. The number of esters is 1. The third-order valence-corrected chi connectivity index (χ3v) is 3.82. The topological polar surface area (TPSA) is 98.5 Å². The molecule has 1 amide bonds. The number of alkyl halides is 3. The molecule has 0 heterocycles. The molecule has 2 aromatic carbocycles. The predicted molar refractivity (Wildman–Crippen MR) is 101 cm³/mol. The van der Waals surface area contributed by atoms with Gasteiger partial charge in [0.2, 0.25) is 0 Å². The summed E-state index contributed by atoms with van der Waals surface area (Å²) < 4.78 is 43.6. The zero-order chi connectivity index (χ0) is 22.3. The monoisotopic (exact) mass is 422 g/mol. The molecule has 0 saturated heterocycles. The van der Waals surface area contributed by atoms with Crippen molar-refractivity contribution in [1.82, 2.24) is 5.32 Å². The van der Waals surface area contributed by atoms with Crippen LogP contribution < -0.4 is 5.32 Å². The highest BCUT2D eigenvalue weighted by molar-refractivity contribution is 5.95. The first-order chi connectivity index (χ1) is 14.1. The molecule has 2 rings (SSSR count). The molecule has 0 spiro atoms. The number of non-ortho nitro benzene ring substituents is 1. The third kappa shape index (κ3) is 6.43. The van der Waals surface area contributed by atoms with Gasteiger partial charge in [0.05, 0.1) is 17.1 Å². The number of hydrogen-bond acceptors (Lipinski definition) is 5. The van der Waals surface area contributed by atoms with Crippen molar-refractivity contribution in [2.45, 2.75) is 19.6 Å². The van der Waals surface area contributed by atoms with E-state index in [2.05, 4.69) is 5.32 Å². The van der Waals surface area contributed by atoms with Gasteiger partial charge in [-0.05, 0) is 36.3 Å². The number of ether oxygens (including phenoxy) is 1. The second-order valence-electron chi connectivity index (χ2n) is 6.04. The van der Waals surface area contributed by atoms with E-state index in [0.29, 0.717) is 23.3 Å². The lowest BCUT2D eigenvalue weighted by Gasteiger charge is -2.10. The van der Waals surface area contributed by atoms with E-state index < -0.39 is 39.8 Å². The van der Waals surface area contributed by atoms with E-state index in [1.165, 1.54) is 12.2 Å². The molecule has 10 heteroatoms. The Morgan fingerprint density at radius 3 is 2.57 bits per heavy atom. The van der Waals surface area contributed by atoms with Crippen LogP contribution in [-0.4, -0.2) is 23.4 Å². The van der Waals surface area contributed by atoms with E-state index >= 15 is 0 Å². The molecule has 0 saturated carbocycles. The van der Waals surface area contributed by atoms with Gasteiger partial charge in [-0.25, -0.2) is 4.79 Å². The molecule has 0 aliphatic carbocycles. The molecule has 0 atom stereocenters. The van der Waals surface area contributed by atoms with Crippen molar-refractivity contribution >= 4 is 23.6 Å². The molecule has 0 aromatic heterocycles. The van der Waals surface area contributed by atoms with Crippen LogP contribution in [0.3, 0.4) is 0 Å². The fourth-order valence-corrected chi connectivity index (χ4v) is 2.46. The van der Waals surface area contributed by atoms with Crippen molar-refractivity contribution in [3.8, 4) is 0 Å². The molecule has 158 valence electrons. The summed E-state index contributed by atoms with van der Waals surface area (Å²) >= 11 is 0. The average molecular weight is 422 g/mol. The lowest BCUT2D eigenvalue weighted by Crippen LogP contribution is -2.23. The number of nitro groups is 1. The van der Waals surface area contributed by atoms with Crippen LogP contribution >= 0.6 is 0 Å². The van der Waals surface area contributed by atoms with Gasteiger partial charge in [0.25, 0.3) is 11.6 Å². The fraction of sp³-hybridized carbons (Fsp3) is 0.200. The van der Waals surface area contributed by atoms with Gasteiger partial charge in [-0.1, -0.05) is 18.2 Å². The van der Waals surface area contributed by atoms with Crippen molar-refractivity contribution in [3.63, 3.8) is 0 Å². The standard InChI is InChI=1S/C20H17F3N2O5/c1-2-30-18(26)7-6-13-4-3-5-14(8-13)12-24-19(27)15-9-16(20(21,22)23)11-17(10-15)25(28)29/h3-11H,2,12H2,1H3,(H,24,27)/b7-6+. The molecular formula is C20H17F3N2O5. The van der Waals surface area contributed by atoms with E-state index in [9.17, 15) is 32.9 Å². The summed E-state index contributed by atoms with van der Waals surface area (Å²) in [4.78, 5) is 33.5. The maximum absolute atomic E-state index is 13.0. The summed E-state index contributed by atoms with van der Waals surface area (Å²) in [6.45, 7) is 1.88. The molecule has 30 heavy (non-hydrogen) atoms. The summed E-state index contributed by atoms with van der Waals surface area (Å²) in [6, 6.07) is 8.40. The molecule has 2 aromatic rings. The molecule has 0 fully saturated rings. The fourth-order valence-electron chi connectivity index (χ4n) is 2.46. The second kappa shape index (κ2) is 9.68. The summed E-state index contributed by atoms with van der Waals surface area (Å²) in [7, 11) is 0. The lowest BCUT2D eigenvalue weighted by molar-refractivity contribution is -0.385. The molecule has 0 radical (unpaired) electrons. The number of nitro benzene ring substituents is 1. The highest BCUT2D eigenvalue weighted by atomic mass is 19.4. The average Bonchev–Trinajstić information content (AvgIpc) is 2.70. The molecule has 7 nitrogen and oxygen atoms in total. The number of rotatable bonds is 7. The van der Waals surface area contributed by atoms with Gasteiger partial charge < -0.3 is 10.1 Å². The van der Waals surface area contributed by atoms with Gasteiger partial charge in [0, 0.05) is 30.3 Å². The van der Waals surface area contributed by atoms with Gasteiger partial charge in [0.1, 0.15) is 0 Å². The largest absolute Gasteiger partial charge is 0.463 e. The molecule has 0 aliphatic heterocycles. The maximum Gasteiger partial charge on any atom is 0.416 e. The molecule has 0 aliphatic rings. The Morgan fingerprint density at radius 2 is 1.93 bits per heavy atom. The van der Waals surface area contributed by atoms with Crippen LogP contribution in [0.15, 0.2) is 48.5 Å². The van der Waals surface area contributed by atoms with Crippen molar-refractivity contribution in [3.05, 3.63) is 80.9 Å². The Labute approximate surface area is 169 Å². The lowest BCUT2D eigenvalue weighted by atomic mass is 10.1. The zero-order valence-electron chi connectivity index (χ0n) is 15.7. The SMILES string of the molecule is CCOC(=O)/C=C/c1cccc(CNC(=O)c2cc([N+](=O)[O-])cc(C(F)(F)F)c2)c1. The first-order valence-electron chi connectivity index (χ1n) is 8.69. The predicted octanol–water partition coefficient (Wildman–Crippen LogP) is 4.12. The van der Waals surface area contributed by atoms with Gasteiger partial charge in [-0.3, -0.25) is 14.9 Å². The highest BCUT2D eigenvalue weighted by Crippen LogP contribution is 2.32. The van der Waals surface area contributed by atoms with Crippen LogP contribution in [0.1, 0.15) is 34.0 Å². The van der Waals surface area contributed by atoms with Crippen molar-refractivity contribution in [1.29, 1.82) is 0 Å². The summed E-state index contributed by atoms with van der Waals surface area (Å²) in [5, 5.41) is 13.3. The van der Waals surface area contributed by atoms with E-state index in [-0.39, 0.29) is 13.2 Å². The van der Waals surface area contributed by atoms with E-state index in [0.717, 1.165) is 6.07 Å². The van der Waals surface area contributed by atoms with Crippen molar-refractivity contribution < 1.29 is 32.4 Å². The minimum Gasteiger partial charge on any atom is -0.463 e. The Hall–Kier alpha value is -3.69. The van der Waals surface area contributed by atoms with Crippen LogP contribution in [-0.2, 0) is 22.3 Å². The number of hydrogen-bond donors (Lipinski definition) is 1. The summed E-state index contributed by atoms with van der Waals surface area (Å²) in [5.41, 5.74) is -1.34. The summed E-state index contributed by atoms with van der Waals surface area (Å²) in [5.74, 6) is -1.40. The Bertz CT molecular complexity index is 987. The first-order valence-corrected chi connectivity index (χ1v) is 8.69. The minimum atomic E-state index is -4.83. The van der Waals surface area contributed by atoms with Gasteiger partial charge in [0.15, 0.2) is 0 Å². The molecule has 1 N–H and O–H groups in total. The summed E-state index contributed by atoms with van der Waals surface area (Å²) in [6.07, 6.45) is -2.08. The van der Waals surface area contributed by atoms with Gasteiger partial charge in [-0.15, -0.1) is 0 Å². The number of nitrogens with zero attached hydrogens (tertiary/aromatic N) is 1. The quantitative estimate of drug-likeness (QED) is 0.313. The van der Waals surface area contributed by atoms with E-state index in [1.54, 1.807) is 31.2 Å². The Kier molecular flexibility index (Phi) is 7.29. The zero-order valence-corrected chi connectivity index (χ0v) is 15.7. The number of benzene rings is 2. The van der Waals surface area contributed by atoms with Crippen LogP contribution in [0.4, 0.5) is 18.9 Å². The van der Waals surface area contributed by atoms with Crippen LogP contribution in [0.25, 0.3) is 6.08 Å². The van der Waals surface area contributed by atoms with E-state index in [4.69, 9.17) is 4.74 Å². The molecule has 0 bridgehead atoms. The normalized spacial score (nSPS) is 11.3. The highest BCUT2D eigenvalue weighted by Gasteiger charge is 2.33. The van der Waals surface area contributed by atoms with Crippen LogP contribution in [0.2, 0.25) is 0 Å². The number of halogens is 3. The minimum absolute atomic E-state index is 0.0377. The third-order valence-electron chi connectivity index (χ3n) is 3.82.